The zero-order valence-electron chi connectivity index (χ0n) is 9.45. The summed E-state index contributed by atoms with van der Waals surface area (Å²) in [5, 5.41) is 0.853. The molecule has 2 nitrogen and oxygen atoms in total. The lowest BCUT2D eigenvalue weighted by Crippen LogP contribution is -1.95. The van der Waals surface area contributed by atoms with Crippen molar-refractivity contribution in [2.45, 2.75) is 19.8 Å². The van der Waals surface area contributed by atoms with Gasteiger partial charge in [0.15, 0.2) is 0 Å². The van der Waals surface area contributed by atoms with Crippen LogP contribution in [-0.2, 0) is 6.42 Å². The Hall–Kier alpha value is -1.12. The van der Waals surface area contributed by atoms with Gasteiger partial charge in [-0.15, -0.1) is 0 Å². The number of nitrogens with zero attached hydrogens (tertiary/aromatic N) is 2. The first-order chi connectivity index (χ1) is 8.22. The highest BCUT2D eigenvalue weighted by Crippen LogP contribution is 2.30. The normalized spacial score (nSPS) is 10.5. The topological polar surface area (TPSA) is 25.8 Å². The summed E-state index contributed by atoms with van der Waals surface area (Å²) in [7, 11) is 0. The SMILES string of the molecule is CCCc1nc(Cl)c(Cl)cc1-c1ccncc1. The Kier molecular flexibility index (Phi) is 3.97. The second kappa shape index (κ2) is 5.48. The van der Waals surface area contributed by atoms with Gasteiger partial charge in [-0.05, 0) is 30.2 Å². The van der Waals surface area contributed by atoms with Crippen molar-refractivity contribution in [3.8, 4) is 11.1 Å². The molecule has 0 aliphatic carbocycles. The van der Waals surface area contributed by atoms with Gasteiger partial charge >= 0.3 is 0 Å². The maximum atomic E-state index is 6.03. The molecule has 0 N–H and O–H groups in total. The third-order valence-corrected chi connectivity index (χ3v) is 3.16. The number of pyridine rings is 2. The summed E-state index contributed by atoms with van der Waals surface area (Å²) >= 11 is 12.0. The van der Waals surface area contributed by atoms with Crippen molar-refractivity contribution < 1.29 is 0 Å². The van der Waals surface area contributed by atoms with E-state index in [0.29, 0.717) is 10.2 Å². The molecule has 0 spiro atoms. The third kappa shape index (κ3) is 2.76. The molecule has 0 aliphatic heterocycles. The van der Waals surface area contributed by atoms with Gasteiger partial charge in [-0.3, -0.25) is 4.98 Å². The van der Waals surface area contributed by atoms with Crippen LogP contribution >= 0.6 is 23.2 Å². The average Bonchev–Trinajstić information content (AvgIpc) is 2.35. The predicted octanol–water partition coefficient (Wildman–Crippen LogP) is 4.40. The van der Waals surface area contributed by atoms with Gasteiger partial charge in [-0.2, -0.15) is 0 Å². The molecule has 0 saturated heterocycles. The molecule has 2 aromatic rings. The molecule has 2 aromatic heterocycles. The maximum absolute atomic E-state index is 6.03. The van der Waals surface area contributed by atoms with Gasteiger partial charge in [-0.1, -0.05) is 36.5 Å². The maximum Gasteiger partial charge on any atom is 0.147 e. The summed E-state index contributed by atoms with van der Waals surface area (Å²) in [6, 6.07) is 5.76. The molecule has 0 unspecified atom stereocenters. The standard InChI is InChI=1S/C13H12Cl2N2/c1-2-3-12-10(8-11(14)13(15)17-12)9-4-6-16-7-5-9/h4-8H,2-3H2,1H3. The van der Waals surface area contributed by atoms with Crippen molar-refractivity contribution in [1.29, 1.82) is 0 Å². The zero-order chi connectivity index (χ0) is 12.3. The number of halogens is 2. The number of hydrogen-bond donors (Lipinski definition) is 0. The van der Waals surface area contributed by atoms with E-state index in [4.69, 9.17) is 23.2 Å². The van der Waals surface area contributed by atoms with Crippen LogP contribution in [0.4, 0.5) is 0 Å². The first-order valence-electron chi connectivity index (χ1n) is 5.47. The first-order valence-corrected chi connectivity index (χ1v) is 6.23. The number of aromatic nitrogens is 2. The lowest BCUT2D eigenvalue weighted by atomic mass is 10.0. The Bertz CT molecular complexity index is 512. The summed E-state index contributed by atoms with van der Waals surface area (Å²) in [5.41, 5.74) is 3.08. The quantitative estimate of drug-likeness (QED) is 0.770. The summed E-state index contributed by atoms with van der Waals surface area (Å²) in [4.78, 5) is 8.36. The smallest absolute Gasteiger partial charge is 0.147 e. The largest absolute Gasteiger partial charge is 0.265 e. The molecule has 0 aliphatic rings. The first kappa shape index (κ1) is 12.3. The molecule has 0 atom stereocenters. The lowest BCUT2D eigenvalue weighted by Gasteiger charge is -2.09. The molecule has 0 fully saturated rings. The van der Waals surface area contributed by atoms with Crippen LogP contribution in [0.15, 0.2) is 30.6 Å². The summed E-state index contributed by atoms with van der Waals surface area (Å²) in [6.45, 7) is 2.11. The van der Waals surface area contributed by atoms with Gasteiger partial charge in [0.05, 0.1) is 10.7 Å². The molecule has 0 aromatic carbocycles. The van der Waals surface area contributed by atoms with Crippen molar-refractivity contribution in [3.05, 3.63) is 46.5 Å². The van der Waals surface area contributed by atoms with E-state index in [1.54, 1.807) is 12.4 Å². The number of hydrogen-bond acceptors (Lipinski definition) is 2. The molecular formula is C13H12Cl2N2. The lowest BCUT2D eigenvalue weighted by molar-refractivity contribution is 0.885. The van der Waals surface area contributed by atoms with E-state index in [-0.39, 0.29) is 0 Å². The molecule has 0 amide bonds. The summed E-state index contributed by atoms with van der Waals surface area (Å²) < 4.78 is 0. The summed E-state index contributed by atoms with van der Waals surface area (Å²) in [5.74, 6) is 0. The molecule has 2 heterocycles. The molecule has 0 radical (unpaired) electrons. The van der Waals surface area contributed by atoms with Crippen LogP contribution in [0.3, 0.4) is 0 Å². The minimum Gasteiger partial charge on any atom is -0.265 e. The van der Waals surface area contributed by atoms with Crippen LogP contribution in [0, 0.1) is 0 Å². The minimum absolute atomic E-state index is 0.368. The van der Waals surface area contributed by atoms with Gasteiger partial charge < -0.3 is 0 Å². The molecule has 17 heavy (non-hydrogen) atoms. The van der Waals surface area contributed by atoms with Gasteiger partial charge in [-0.25, -0.2) is 4.98 Å². The van der Waals surface area contributed by atoms with Gasteiger partial charge in [0.2, 0.25) is 0 Å². The van der Waals surface area contributed by atoms with Crippen molar-refractivity contribution >= 4 is 23.2 Å². The van der Waals surface area contributed by atoms with E-state index in [1.165, 1.54) is 0 Å². The van der Waals surface area contributed by atoms with Crippen molar-refractivity contribution in [2.24, 2.45) is 0 Å². The van der Waals surface area contributed by atoms with Gasteiger partial charge in [0.1, 0.15) is 5.15 Å². The van der Waals surface area contributed by atoms with E-state index in [0.717, 1.165) is 29.7 Å². The van der Waals surface area contributed by atoms with E-state index in [2.05, 4.69) is 16.9 Å². The van der Waals surface area contributed by atoms with Crippen LogP contribution < -0.4 is 0 Å². The monoisotopic (exact) mass is 266 g/mol. The molecule has 88 valence electrons. The Labute approximate surface area is 111 Å². The van der Waals surface area contributed by atoms with E-state index in [9.17, 15) is 0 Å². The van der Waals surface area contributed by atoms with Gasteiger partial charge in [0, 0.05) is 18.0 Å². The van der Waals surface area contributed by atoms with Crippen LogP contribution in [0.5, 0.6) is 0 Å². The van der Waals surface area contributed by atoms with Crippen LogP contribution in [-0.4, -0.2) is 9.97 Å². The van der Waals surface area contributed by atoms with Crippen LogP contribution in [0.2, 0.25) is 10.2 Å². The van der Waals surface area contributed by atoms with E-state index >= 15 is 0 Å². The fraction of sp³-hybridized carbons (Fsp3) is 0.231. The van der Waals surface area contributed by atoms with Crippen molar-refractivity contribution in [1.82, 2.24) is 9.97 Å². The summed E-state index contributed by atoms with van der Waals surface area (Å²) in [6.07, 6.45) is 5.42. The second-order valence-electron chi connectivity index (χ2n) is 3.74. The Morgan fingerprint density at radius 1 is 1.18 bits per heavy atom. The van der Waals surface area contributed by atoms with Crippen LogP contribution in [0.25, 0.3) is 11.1 Å². The molecule has 4 heteroatoms. The molecule has 0 saturated carbocycles. The average molecular weight is 267 g/mol. The molecular weight excluding hydrogens is 255 g/mol. The van der Waals surface area contributed by atoms with Crippen molar-refractivity contribution in [3.63, 3.8) is 0 Å². The van der Waals surface area contributed by atoms with E-state index in [1.807, 2.05) is 18.2 Å². The van der Waals surface area contributed by atoms with Crippen LogP contribution in [0.1, 0.15) is 19.0 Å². The predicted molar refractivity (Wildman–Crippen MR) is 71.5 cm³/mol. The Morgan fingerprint density at radius 3 is 2.53 bits per heavy atom. The minimum atomic E-state index is 0.368. The highest BCUT2D eigenvalue weighted by atomic mass is 35.5. The fourth-order valence-corrected chi connectivity index (χ4v) is 2.02. The Balaban J connectivity index is 2.55. The molecule has 0 bridgehead atoms. The van der Waals surface area contributed by atoms with E-state index < -0.39 is 0 Å². The number of aryl methyl sites for hydroxylation is 1. The molecule has 2 rings (SSSR count). The highest BCUT2D eigenvalue weighted by Gasteiger charge is 2.10. The Morgan fingerprint density at radius 2 is 1.88 bits per heavy atom. The zero-order valence-corrected chi connectivity index (χ0v) is 11.0. The van der Waals surface area contributed by atoms with Crippen molar-refractivity contribution in [2.75, 3.05) is 0 Å². The number of rotatable bonds is 3. The fourth-order valence-electron chi connectivity index (χ4n) is 1.71. The van der Waals surface area contributed by atoms with Gasteiger partial charge in [0.25, 0.3) is 0 Å². The third-order valence-electron chi connectivity index (χ3n) is 2.49. The second-order valence-corrected chi connectivity index (χ2v) is 4.51. The highest BCUT2D eigenvalue weighted by molar-refractivity contribution is 6.41.